The summed E-state index contributed by atoms with van der Waals surface area (Å²) in [5.74, 6) is 0.460. The highest BCUT2D eigenvalue weighted by Crippen LogP contribution is 2.21. The lowest BCUT2D eigenvalue weighted by Crippen LogP contribution is -2.43. The molecule has 1 fully saturated rings. The maximum atomic E-state index is 12.2. The summed E-state index contributed by atoms with van der Waals surface area (Å²) in [6.45, 7) is 7.82. The Morgan fingerprint density at radius 1 is 1.33 bits per heavy atom. The lowest BCUT2D eigenvalue weighted by molar-refractivity contribution is 0.0185. The average Bonchev–Trinajstić information content (AvgIpc) is 2.70. The van der Waals surface area contributed by atoms with Gasteiger partial charge < -0.3 is 20.4 Å². The molecule has 0 saturated carbocycles. The summed E-state index contributed by atoms with van der Waals surface area (Å²) in [5.41, 5.74) is 2.51. The molecule has 0 aliphatic carbocycles. The molecule has 3 heterocycles. The van der Waals surface area contributed by atoms with Crippen LogP contribution in [-0.4, -0.2) is 52.4 Å². The number of hydrogen-bond donors (Lipinski definition) is 2. The number of aromatic nitrogens is 2. The van der Waals surface area contributed by atoms with Crippen LogP contribution in [0.5, 0.6) is 0 Å². The zero-order valence-corrected chi connectivity index (χ0v) is 18.4. The lowest BCUT2D eigenvalue weighted by atomic mass is 9.97. The Labute approximate surface area is 182 Å². The van der Waals surface area contributed by atoms with Crippen LogP contribution >= 0.6 is 11.6 Å². The largest absolute Gasteiger partial charge is 0.444 e. The fourth-order valence-corrected chi connectivity index (χ4v) is 3.48. The molecule has 2 aromatic heterocycles. The molecule has 1 amide bonds. The van der Waals surface area contributed by atoms with Crippen molar-refractivity contribution in [2.24, 2.45) is 5.92 Å². The second-order valence-corrected chi connectivity index (χ2v) is 8.85. The van der Waals surface area contributed by atoms with Crippen molar-refractivity contribution in [1.29, 1.82) is 5.41 Å². The summed E-state index contributed by atoms with van der Waals surface area (Å²) in [7, 11) is 0. The predicted molar refractivity (Wildman–Crippen MR) is 120 cm³/mol. The van der Waals surface area contributed by atoms with Crippen LogP contribution in [0.4, 0.5) is 4.79 Å². The van der Waals surface area contributed by atoms with Crippen molar-refractivity contribution in [3.05, 3.63) is 41.3 Å². The summed E-state index contributed by atoms with van der Waals surface area (Å²) in [4.78, 5) is 22.6. The molecule has 3 rings (SSSR count). The molecule has 0 spiro atoms. The average molecular weight is 430 g/mol. The fourth-order valence-electron chi connectivity index (χ4n) is 3.33. The smallest absolute Gasteiger partial charge is 0.410 e. The van der Waals surface area contributed by atoms with Crippen molar-refractivity contribution in [2.75, 3.05) is 19.6 Å². The number of allylic oxidation sites excluding steroid dienone is 1. The molecule has 1 saturated heterocycles. The number of nitrogens with zero attached hydrogens (tertiary/aromatic N) is 3. The van der Waals surface area contributed by atoms with Gasteiger partial charge in [-0.3, -0.25) is 4.98 Å². The Bertz CT molecular complexity index is 946. The number of nitrogens with one attached hydrogen (secondary N) is 2. The lowest BCUT2D eigenvalue weighted by Gasteiger charge is -2.33. The zero-order chi connectivity index (χ0) is 21.7. The van der Waals surface area contributed by atoms with Crippen molar-refractivity contribution < 1.29 is 9.53 Å². The molecule has 8 heteroatoms. The van der Waals surface area contributed by atoms with E-state index in [0.29, 0.717) is 29.7 Å². The predicted octanol–water partition coefficient (Wildman–Crippen LogP) is 4.51. The van der Waals surface area contributed by atoms with Gasteiger partial charge in [-0.15, -0.1) is 0 Å². The molecule has 1 aliphatic rings. The molecule has 2 aromatic rings. The Hall–Kier alpha value is -2.67. The third kappa shape index (κ3) is 5.92. The molecule has 0 aromatic carbocycles. The van der Waals surface area contributed by atoms with E-state index in [1.54, 1.807) is 17.2 Å². The quantitative estimate of drug-likeness (QED) is 0.539. The van der Waals surface area contributed by atoms with E-state index >= 15 is 0 Å². The van der Waals surface area contributed by atoms with E-state index in [-0.39, 0.29) is 6.09 Å². The Kier molecular flexibility index (Phi) is 6.92. The van der Waals surface area contributed by atoms with E-state index in [9.17, 15) is 4.79 Å². The number of hydrogen-bond acceptors (Lipinski definition) is 6. The normalized spacial score (nSPS) is 15.9. The number of carbonyl (C=O) groups excluding carboxylic acids is 1. The van der Waals surface area contributed by atoms with Crippen LogP contribution in [0.3, 0.4) is 0 Å². The Balaban J connectivity index is 1.54. The van der Waals surface area contributed by atoms with Gasteiger partial charge >= 0.3 is 6.09 Å². The summed E-state index contributed by atoms with van der Waals surface area (Å²) >= 11 is 5.97. The molecule has 0 radical (unpaired) electrons. The summed E-state index contributed by atoms with van der Waals surface area (Å²) < 4.78 is 5.44. The number of piperidine rings is 1. The van der Waals surface area contributed by atoms with Crippen LogP contribution in [0.1, 0.15) is 39.2 Å². The van der Waals surface area contributed by atoms with E-state index in [2.05, 4.69) is 15.3 Å². The molecule has 160 valence electrons. The van der Waals surface area contributed by atoms with Crippen molar-refractivity contribution in [2.45, 2.75) is 39.2 Å². The van der Waals surface area contributed by atoms with Gasteiger partial charge in [-0.1, -0.05) is 11.6 Å². The van der Waals surface area contributed by atoms with E-state index in [0.717, 1.165) is 36.0 Å². The number of pyridine rings is 2. The number of halogens is 1. The molecular weight excluding hydrogens is 402 g/mol. The van der Waals surface area contributed by atoms with Gasteiger partial charge in [0.25, 0.3) is 0 Å². The first-order chi connectivity index (χ1) is 14.2. The van der Waals surface area contributed by atoms with E-state index < -0.39 is 5.60 Å². The maximum absolute atomic E-state index is 12.2. The standard InChI is InChI=1S/C22H28ClN5O2/c1-22(2,3)30-21(29)28-8-6-15(7-9-28)12-25-13-17(11-24)16-10-19-18(26-14-16)4-5-20(23)27-19/h4-5,10-11,13-15,24-25H,6-9,12H2,1-3H3/b17-13+,24-11?. The van der Waals surface area contributed by atoms with Crippen molar-refractivity contribution in [1.82, 2.24) is 20.2 Å². The van der Waals surface area contributed by atoms with Crippen LogP contribution in [-0.2, 0) is 4.74 Å². The number of amides is 1. The van der Waals surface area contributed by atoms with Gasteiger partial charge in [0, 0.05) is 49.4 Å². The van der Waals surface area contributed by atoms with Crippen molar-refractivity contribution >= 4 is 40.5 Å². The molecule has 30 heavy (non-hydrogen) atoms. The highest BCUT2D eigenvalue weighted by atomic mass is 35.5. The van der Waals surface area contributed by atoms with E-state index in [1.807, 2.05) is 39.1 Å². The van der Waals surface area contributed by atoms with Crippen LogP contribution < -0.4 is 5.32 Å². The molecule has 0 bridgehead atoms. The molecule has 2 N–H and O–H groups in total. The van der Waals surface area contributed by atoms with Gasteiger partial charge in [-0.2, -0.15) is 0 Å². The van der Waals surface area contributed by atoms with Crippen LogP contribution in [0, 0.1) is 11.3 Å². The second kappa shape index (κ2) is 9.43. The van der Waals surface area contributed by atoms with E-state index in [1.165, 1.54) is 6.21 Å². The van der Waals surface area contributed by atoms with Gasteiger partial charge in [0.2, 0.25) is 0 Å². The molecular formula is C22H28ClN5O2. The zero-order valence-electron chi connectivity index (χ0n) is 17.6. The Morgan fingerprint density at radius 2 is 2.07 bits per heavy atom. The van der Waals surface area contributed by atoms with Gasteiger partial charge in [-0.05, 0) is 57.7 Å². The minimum atomic E-state index is -0.470. The Morgan fingerprint density at radius 3 is 2.73 bits per heavy atom. The monoisotopic (exact) mass is 429 g/mol. The molecule has 1 aliphatic heterocycles. The second-order valence-electron chi connectivity index (χ2n) is 8.46. The van der Waals surface area contributed by atoms with Gasteiger partial charge in [0.1, 0.15) is 10.8 Å². The first-order valence-electron chi connectivity index (χ1n) is 10.1. The minimum Gasteiger partial charge on any atom is -0.444 e. The third-order valence-electron chi connectivity index (χ3n) is 4.92. The van der Waals surface area contributed by atoms with Crippen LogP contribution in [0.15, 0.2) is 30.6 Å². The summed E-state index contributed by atoms with van der Waals surface area (Å²) in [5, 5.41) is 11.5. The van der Waals surface area contributed by atoms with Gasteiger partial charge in [0.05, 0.1) is 11.0 Å². The number of carbonyl (C=O) groups is 1. The minimum absolute atomic E-state index is 0.239. The molecule has 0 atom stereocenters. The molecule has 7 nitrogen and oxygen atoms in total. The highest BCUT2D eigenvalue weighted by Gasteiger charge is 2.26. The van der Waals surface area contributed by atoms with Crippen molar-refractivity contribution in [3.63, 3.8) is 0 Å². The maximum Gasteiger partial charge on any atom is 0.410 e. The van der Waals surface area contributed by atoms with Crippen molar-refractivity contribution in [3.8, 4) is 0 Å². The number of fused-ring (bicyclic) bond motifs is 1. The first kappa shape index (κ1) is 22.0. The van der Waals surface area contributed by atoms with Gasteiger partial charge in [0.15, 0.2) is 0 Å². The number of ether oxygens (including phenoxy) is 1. The SMILES string of the molecule is CC(C)(C)OC(=O)N1CCC(CN/C=C(\C=N)c2cnc3ccc(Cl)nc3c2)CC1. The number of likely N-dealkylation sites (tertiary alicyclic amines) is 1. The highest BCUT2D eigenvalue weighted by molar-refractivity contribution is 6.29. The third-order valence-corrected chi connectivity index (χ3v) is 5.13. The number of rotatable bonds is 5. The summed E-state index contributed by atoms with van der Waals surface area (Å²) in [6.07, 6.45) is 6.46. The van der Waals surface area contributed by atoms with Crippen LogP contribution in [0.25, 0.3) is 16.6 Å². The van der Waals surface area contributed by atoms with Crippen LogP contribution in [0.2, 0.25) is 5.15 Å². The fraction of sp³-hybridized carbons (Fsp3) is 0.455. The van der Waals surface area contributed by atoms with E-state index in [4.69, 9.17) is 21.7 Å². The van der Waals surface area contributed by atoms with Gasteiger partial charge in [-0.25, -0.2) is 9.78 Å². The summed E-state index contributed by atoms with van der Waals surface area (Å²) in [6, 6.07) is 5.41. The topological polar surface area (TPSA) is 91.2 Å². The first-order valence-corrected chi connectivity index (χ1v) is 10.5. The molecule has 0 unspecified atom stereocenters.